The van der Waals surface area contributed by atoms with Crippen molar-refractivity contribution in [1.29, 1.82) is 0 Å². The van der Waals surface area contributed by atoms with E-state index in [9.17, 15) is 4.79 Å². The van der Waals surface area contributed by atoms with Gasteiger partial charge in [-0.15, -0.1) is 0 Å². The standard InChI is InChI=1S/C9H11BrN2O2/c1-6(13)4-11-9-8(14-2)3-7(10)5-12-9/h3,5H,4H2,1-2H3,(H,11,12). The van der Waals surface area contributed by atoms with Gasteiger partial charge in [-0.25, -0.2) is 4.98 Å². The lowest BCUT2D eigenvalue weighted by atomic mass is 10.4. The van der Waals surface area contributed by atoms with E-state index in [1.807, 2.05) is 0 Å². The van der Waals surface area contributed by atoms with Gasteiger partial charge in [-0.1, -0.05) is 0 Å². The highest BCUT2D eigenvalue weighted by Crippen LogP contribution is 2.24. The van der Waals surface area contributed by atoms with E-state index in [-0.39, 0.29) is 12.3 Å². The molecule has 0 amide bonds. The van der Waals surface area contributed by atoms with E-state index >= 15 is 0 Å². The lowest BCUT2D eigenvalue weighted by Crippen LogP contribution is -2.11. The Bertz CT molecular complexity index is 342. The van der Waals surface area contributed by atoms with Crippen molar-refractivity contribution in [3.8, 4) is 5.75 Å². The van der Waals surface area contributed by atoms with Crippen LogP contribution < -0.4 is 10.1 Å². The molecule has 1 N–H and O–H groups in total. The zero-order valence-corrected chi connectivity index (χ0v) is 9.59. The van der Waals surface area contributed by atoms with E-state index in [4.69, 9.17) is 4.74 Å². The fourth-order valence-electron chi connectivity index (χ4n) is 0.917. The summed E-state index contributed by atoms with van der Waals surface area (Å²) in [6.07, 6.45) is 1.64. The Morgan fingerprint density at radius 3 is 3.00 bits per heavy atom. The molecule has 1 rings (SSSR count). The van der Waals surface area contributed by atoms with Crippen molar-refractivity contribution in [3.05, 3.63) is 16.7 Å². The first-order chi connectivity index (χ1) is 6.63. The normalized spacial score (nSPS) is 9.64. The van der Waals surface area contributed by atoms with Gasteiger partial charge in [0, 0.05) is 10.7 Å². The fourth-order valence-corrected chi connectivity index (χ4v) is 1.23. The molecule has 0 aliphatic heterocycles. The molecule has 0 atom stereocenters. The second-order valence-electron chi connectivity index (χ2n) is 2.76. The first kappa shape index (κ1) is 11.0. The van der Waals surface area contributed by atoms with Crippen LogP contribution in [0.15, 0.2) is 16.7 Å². The van der Waals surface area contributed by atoms with Crippen molar-refractivity contribution < 1.29 is 9.53 Å². The Balaban J connectivity index is 2.80. The molecule has 0 radical (unpaired) electrons. The van der Waals surface area contributed by atoms with Gasteiger partial charge < -0.3 is 10.1 Å². The maximum atomic E-state index is 10.7. The maximum Gasteiger partial charge on any atom is 0.169 e. The third-order valence-electron chi connectivity index (χ3n) is 1.54. The van der Waals surface area contributed by atoms with E-state index in [0.717, 1.165) is 4.47 Å². The monoisotopic (exact) mass is 258 g/mol. The summed E-state index contributed by atoms with van der Waals surface area (Å²) < 4.78 is 5.93. The van der Waals surface area contributed by atoms with E-state index in [1.165, 1.54) is 6.92 Å². The number of nitrogens with one attached hydrogen (secondary N) is 1. The van der Waals surface area contributed by atoms with Crippen molar-refractivity contribution in [1.82, 2.24) is 4.98 Å². The number of anilines is 1. The number of carbonyl (C=O) groups excluding carboxylic acids is 1. The van der Waals surface area contributed by atoms with Gasteiger partial charge in [-0.05, 0) is 28.9 Å². The third-order valence-corrected chi connectivity index (χ3v) is 1.98. The molecule has 76 valence electrons. The van der Waals surface area contributed by atoms with E-state index in [1.54, 1.807) is 19.4 Å². The molecule has 1 aromatic rings. The summed E-state index contributed by atoms with van der Waals surface area (Å²) in [6, 6.07) is 1.79. The molecule has 0 spiro atoms. The lowest BCUT2D eigenvalue weighted by Gasteiger charge is -2.08. The molecule has 0 aromatic carbocycles. The third kappa shape index (κ3) is 2.99. The van der Waals surface area contributed by atoms with Gasteiger partial charge in [0.1, 0.15) is 5.78 Å². The summed E-state index contributed by atoms with van der Waals surface area (Å²) in [4.78, 5) is 14.8. The van der Waals surface area contributed by atoms with Crippen LogP contribution >= 0.6 is 15.9 Å². The quantitative estimate of drug-likeness (QED) is 0.896. The second kappa shape index (κ2) is 4.95. The van der Waals surface area contributed by atoms with E-state index < -0.39 is 0 Å². The van der Waals surface area contributed by atoms with Gasteiger partial charge in [0.25, 0.3) is 0 Å². The number of hydrogen-bond donors (Lipinski definition) is 1. The Kier molecular flexibility index (Phi) is 3.88. The maximum absolute atomic E-state index is 10.7. The summed E-state index contributed by atoms with van der Waals surface area (Å²) >= 11 is 3.28. The summed E-state index contributed by atoms with van der Waals surface area (Å²) in [6.45, 7) is 1.77. The SMILES string of the molecule is COc1cc(Br)cnc1NCC(C)=O. The van der Waals surface area contributed by atoms with Crippen LogP contribution in [0.25, 0.3) is 0 Å². The zero-order valence-electron chi connectivity index (χ0n) is 8.00. The molecule has 5 heteroatoms. The minimum atomic E-state index is 0.0526. The summed E-state index contributed by atoms with van der Waals surface area (Å²) in [5, 5.41) is 2.88. The van der Waals surface area contributed by atoms with Gasteiger partial charge >= 0.3 is 0 Å². The van der Waals surface area contributed by atoms with Crippen LogP contribution in [0.3, 0.4) is 0 Å². The Labute approximate surface area is 90.8 Å². The van der Waals surface area contributed by atoms with Crippen LogP contribution in [-0.4, -0.2) is 24.4 Å². The molecule has 0 unspecified atom stereocenters. The average Bonchev–Trinajstić information content (AvgIpc) is 2.15. The minimum absolute atomic E-state index is 0.0526. The predicted molar refractivity (Wildman–Crippen MR) is 57.7 cm³/mol. The molecule has 0 bridgehead atoms. The molecule has 0 saturated carbocycles. The van der Waals surface area contributed by atoms with Gasteiger partial charge in [0.15, 0.2) is 11.6 Å². The van der Waals surface area contributed by atoms with Crippen LogP contribution in [0.1, 0.15) is 6.92 Å². The number of halogens is 1. The number of Topliss-reactive ketones (excluding diaryl/α,β-unsaturated/α-hetero) is 1. The number of carbonyl (C=O) groups is 1. The molecule has 1 aromatic heterocycles. The highest BCUT2D eigenvalue weighted by molar-refractivity contribution is 9.10. The molecule has 0 aliphatic carbocycles. The summed E-state index contributed by atoms with van der Waals surface area (Å²) in [5.74, 6) is 1.24. The lowest BCUT2D eigenvalue weighted by molar-refractivity contribution is -0.115. The molecule has 0 fully saturated rings. The Hall–Kier alpha value is -1.10. The van der Waals surface area contributed by atoms with Crippen LogP contribution in [-0.2, 0) is 4.79 Å². The summed E-state index contributed by atoms with van der Waals surface area (Å²) in [5.41, 5.74) is 0. The van der Waals surface area contributed by atoms with Gasteiger partial charge in [0.2, 0.25) is 0 Å². The molecular formula is C9H11BrN2O2. The van der Waals surface area contributed by atoms with E-state index in [0.29, 0.717) is 11.6 Å². The molecular weight excluding hydrogens is 248 g/mol. The number of ether oxygens (including phenoxy) is 1. The second-order valence-corrected chi connectivity index (χ2v) is 3.68. The molecule has 4 nitrogen and oxygen atoms in total. The van der Waals surface area contributed by atoms with Gasteiger partial charge in [-0.3, -0.25) is 4.79 Å². The van der Waals surface area contributed by atoms with Crippen LogP contribution in [0.2, 0.25) is 0 Å². The molecule has 14 heavy (non-hydrogen) atoms. The molecule has 1 heterocycles. The number of methoxy groups -OCH3 is 1. The van der Waals surface area contributed by atoms with Gasteiger partial charge in [0.05, 0.1) is 13.7 Å². The number of nitrogens with zero attached hydrogens (tertiary/aromatic N) is 1. The molecule has 0 aliphatic rings. The first-order valence-corrected chi connectivity index (χ1v) is 4.85. The van der Waals surface area contributed by atoms with Crippen molar-refractivity contribution >= 4 is 27.5 Å². The zero-order chi connectivity index (χ0) is 10.6. The smallest absolute Gasteiger partial charge is 0.169 e. The molecule has 0 saturated heterocycles. The van der Waals surface area contributed by atoms with Crippen LogP contribution in [0, 0.1) is 0 Å². The van der Waals surface area contributed by atoms with Crippen molar-refractivity contribution in [2.45, 2.75) is 6.92 Å². The number of rotatable bonds is 4. The number of pyridine rings is 1. The van der Waals surface area contributed by atoms with Crippen LogP contribution in [0.4, 0.5) is 5.82 Å². The highest BCUT2D eigenvalue weighted by Gasteiger charge is 2.04. The van der Waals surface area contributed by atoms with Crippen LogP contribution in [0.5, 0.6) is 5.75 Å². The minimum Gasteiger partial charge on any atom is -0.493 e. The van der Waals surface area contributed by atoms with Gasteiger partial charge in [-0.2, -0.15) is 0 Å². The van der Waals surface area contributed by atoms with Crippen molar-refractivity contribution in [2.75, 3.05) is 19.0 Å². The Morgan fingerprint density at radius 1 is 1.71 bits per heavy atom. The number of ketones is 1. The van der Waals surface area contributed by atoms with E-state index in [2.05, 4.69) is 26.2 Å². The summed E-state index contributed by atoms with van der Waals surface area (Å²) in [7, 11) is 1.56. The first-order valence-electron chi connectivity index (χ1n) is 4.06. The van der Waals surface area contributed by atoms with Crippen molar-refractivity contribution in [3.63, 3.8) is 0 Å². The predicted octanol–water partition coefficient (Wildman–Crippen LogP) is 1.85. The largest absolute Gasteiger partial charge is 0.493 e. The fraction of sp³-hybridized carbons (Fsp3) is 0.333. The van der Waals surface area contributed by atoms with Crippen molar-refractivity contribution in [2.24, 2.45) is 0 Å². The Morgan fingerprint density at radius 2 is 2.43 bits per heavy atom. The topological polar surface area (TPSA) is 51.2 Å². The number of aromatic nitrogens is 1. The highest BCUT2D eigenvalue weighted by atomic mass is 79.9. The average molecular weight is 259 g/mol. The number of hydrogen-bond acceptors (Lipinski definition) is 4.